The van der Waals surface area contributed by atoms with Crippen molar-refractivity contribution in [1.29, 1.82) is 0 Å². The Kier molecular flexibility index (Phi) is 8.25. The summed E-state index contributed by atoms with van der Waals surface area (Å²) in [6.07, 6.45) is -1.10. The number of aryl methyl sites for hydroxylation is 4. The van der Waals surface area contributed by atoms with E-state index in [0.717, 1.165) is 22.4 Å². The van der Waals surface area contributed by atoms with Crippen molar-refractivity contribution in [1.82, 2.24) is 10.5 Å². The van der Waals surface area contributed by atoms with E-state index >= 15 is 0 Å². The molecule has 1 atom stereocenters. The van der Waals surface area contributed by atoms with E-state index in [4.69, 9.17) is 14.0 Å². The predicted molar refractivity (Wildman–Crippen MR) is 129 cm³/mol. The number of ether oxygens (including phenoxy) is 2. The van der Waals surface area contributed by atoms with E-state index in [1.807, 2.05) is 39.0 Å². The number of aromatic nitrogens is 1. The number of anilines is 1. The average molecular weight is 480 g/mol. The highest BCUT2D eigenvalue weighted by atomic mass is 16.5. The van der Waals surface area contributed by atoms with Crippen molar-refractivity contribution < 1.29 is 28.4 Å². The quantitative estimate of drug-likeness (QED) is 0.448. The van der Waals surface area contributed by atoms with E-state index in [1.54, 1.807) is 25.1 Å². The van der Waals surface area contributed by atoms with Gasteiger partial charge in [-0.3, -0.25) is 9.59 Å². The number of hydrogen-bond acceptors (Lipinski definition) is 7. The highest BCUT2D eigenvalue weighted by Crippen LogP contribution is 2.20. The minimum absolute atomic E-state index is 0.230. The van der Waals surface area contributed by atoms with Crippen molar-refractivity contribution >= 4 is 23.5 Å². The summed E-state index contributed by atoms with van der Waals surface area (Å²) < 4.78 is 16.1. The van der Waals surface area contributed by atoms with E-state index in [0.29, 0.717) is 17.2 Å². The molecule has 1 heterocycles. The molecule has 1 unspecified atom stereocenters. The molecule has 0 aliphatic heterocycles. The topological polar surface area (TPSA) is 120 Å². The van der Waals surface area contributed by atoms with Gasteiger partial charge < -0.3 is 24.6 Å². The summed E-state index contributed by atoms with van der Waals surface area (Å²) >= 11 is 0. The maximum absolute atomic E-state index is 12.5. The smallest absolute Gasteiger partial charge is 0.339 e. The summed E-state index contributed by atoms with van der Waals surface area (Å²) in [6.45, 7) is 8.82. The molecule has 0 saturated carbocycles. The van der Waals surface area contributed by atoms with Crippen molar-refractivity contribution in [2.24, 2.45) is 0 Å². The van der Waals surface area contributed by atoms with Gasteiger partial charge in [0.15, 0.2) is 6.10 Å². The molecular formula is C26H29N3O6. The zero-order valence-corrected chi connectivity index (χ0v) is 20.4. The number of rotatable bonds is 9. The van der Waals surface area contributed by atoms with Gasteiger partial charge in [0.25, 0.3) is 5.91 Å². The Hall–Kier alpha value is -4.14. The Morgan fingerprint density at radius 3 is 2.37 bits per heavy atom. The molecule has 0 fully saturated rings. The first-order chi connectivity index (χ1) is 16.7. The summed E-state index contributed by atoms with van der Waals surface area (Å²) in [7, 11) is 0. The Labute approximate surface area is 203 Å². The first-order valence-corrected chi connectivity index (χ1v) is 11.1. The largest absolute Gasteiger partial charge is 0.489 e. The monoisotopic (exact) mass is 479 g/mol. The third-order valence-corrected chi connectivity index (χ3v) is 5.46. The Bertz CT molecular complexity index is 1190. The normalized spacial score (nSPS) is 11.5. The number of nitrogens with one attached hydrogen (secondary N) is 2. The molecule has 9 nitrogen and oxygen atoms in total. The van der Waals surface area contributed by atoms with Crippen LogP contribution in [0.4, 0.5) is 5.69 Å². The first kappa shape index (κ1) is 25.5. The number of carbonyl (C=O) groups excluding carboxylic acids is 3. The second kappa shape index (κ2) is 11.3. The molecule has 0 aliphatic carbocycles. The maximum atomic E-state index is 12.5. The SMILES string of the molecule is Cc1cccc(C)c1NC(=O)CNC(=O)C(C)OC(=O)c1cccc(OCc2c(C)noc2C)c1. The maximum Gasteiger partial charge on any atom is 0.339 e. The van der Waals surface area contributed by atoms with Crippen LogP contribution in [0.5, 0.6) is 5.75 Å². The summed E-state index contributed by atoms with van der Waals surface area (Å²) in [6, 6.07) is 12.1. The standard InChI is InChI=1S/C26H29N3O6/c1-15-8-6-9-16(2)24(15)28-23(30)13-27-25(31)19(5)34-26(32)20-10-7-11-21(12-20)33-14-22-17(3)29-35-18(22)4/h6-12,19H,13-14H2,1-5H3,(H,27,31)(H,28,30). The number of esters is 1. The van der Waals surface area contributed by atoms with E-state index in [-0.39, 0.29) is 24.6 Å². The lowest BCUT2D eigenvalue weighted by molar-refractivity contribution is -0.130. The van der Waals surface area contributed by atoms with Crippen LogP contribution < -0.4 is 15.4 Å². The fraction of sp³-hybridized carbons (Fsp3) is 0.308. The molecule has 2 N–H and O–H groups in total. The van der Waals surface area contributed by atoms with Gasteiger partial charge in [0.2, 0.25) is 5.91 Å². The molecule has 0 saturated heterocycles. The van der Waals surface area contributed by atoms with Crippen molar-refractivity contribution in [2.45, 2.75) is 47.3 Å². The van der Waals surface area contributed by atoms with Crippen molar-refractivity contribution in [2.75, 3.05) is 11.9 Å². The van der Waals surface area contributed by atoms with Crippen LogP contribution in [0.25, 0.3) is 0 Å². The van der Waals surface area contributed by atoms with Crippen molar-refractivity contribution in [3.8, 4) is 5.75 Å². The lowest BCUT2D eigenvalue weighted by atomic mass is 10.1. The minimum Gasteiger partial charge on any atom is -0.489 e. The van der Waals surface area contributed by atoms with Crippen LogP contribution in [-0.2, 0) is 20.9 Å². The van der Waals surface area contributed by atoms with Gasteiger partial charge in [-0.05, 0) is 63.9 Å². The van der Waals surface area contributed by atoms with Gasteiger partial charge in [-0.15, -0.1) is 0 Å². The van der Waals surface area contributed by atoms with Crippen LogP contribution in [-0.4, -0.2) is 35.6 Å². The van der Waals surface area contributed by atoms with Gasteiger partial charge in [-0.2, -0.15) is 0 Å². The second-order valence-electron chi connectivity index (χ2n) is 8.20. The molecule has 3 aromatic rings. The molecule has 0 bridgehead atoms. The number of hydrogen-bond donors (Lipinski definition) is 2. The Morgan fingerprint density at radius 1 is 1.03 bits per heavy atom. The highest BCUT2D eigenvalue weighted by Gasteiger charge is 2.20. The zero-order valence-electron chi connectivity index (χ0n) is 20.4. The average Bonchev–Trinajstić information content (AvgIpc) is 3.15. The number of amides is 2. The van der Waals surface area contributed by atoms with E-state index in [2.05, 4.69) is 15.8 Å². The molecule has 184 valence electrons. The number of nitrogens with zero attached hydrogens (tertiary/aromatic N) is 1. The third-order valence-electron chi connectivity index (χ3n) is 5.46. The van der Waals surface area contributed by atoms with E-state index in [1.165, 1.54) is 13.0 Å². The first-order valence-electron chi connectivity index (χ1n) is 11.1. The molecule has 2 aromatic carbocycles. The van der Waals surface area contributed by atoms with Gasteiger partial charge in [-0.1, -0.05) is 29.4 Å². The van der Waals surface area contributed by atoms with E-state index in [9.17, 15) is 14.4 Å². The molecule has 9 heteroatoms. The van der Waals surface area contributed by atoms with Crippen LogP contribution in [0.3, 0.4) is 0 Å². The Balaban J connectivity index is 1.50. The van der Waals surface area contributed by atoms with Crippen LogP contribution in [0.2, 0.25) is 0 Å². The van der Waals surface area contributed by atoms with Gasteiger partial charge in [0.05, 0.1) is 23.4 Å². The summed E-state index contributed by atoms with van der Waals surface area (Å²) in [5, 5.41) is 9.16. The molecule has 1 aromatic heterocycles. The minimum atomic E-state index is -1.10. The van der Waals surface area contributed by atoms with Gasteiger partial charge in [-0.25, -0.2) is 4.79 Å². The molecule has 3 rings (SSSR count). The second-order valence-corrected chi connectivity index (χ2v) is 8.20. The summed E-state index contributed by atoms with van der Waals surface area (Å²) in [5.41, 5.74) is 4.36. The van der Waals surface area contributed by atoms with Crippen LogP contribution in [0, 0.1) is 27.7 Å². The van der Waals surface area contributed by atoms with Crippen LogP contribution >= 0.6 is 0 Å². The number of para-hydroxylation sites is 1. The fourth-order valence-electron chi connectivity index (χ4n) is 3.36. The Morgan fingerprint density at radius 2 is 1.71 bits per heavy atom. The number of carbonyl (C=O) groups is 3. The zero-order chi connectivity index (χ0) is 25.5. The molecule has 0 aliphatic rings. The third kappa shape index (κ3) is 6.69. The summed E-state index contributed by atoms with van der Waals surface area (Å²) in [5.74, 6) is -0.519. The highest BCUT2D eigenvalue weighted by molar-refractivity contribution is 5.97. The molecule has 0 spiro atoms. The molecule has 35 heavy (non-hydrogen) atoms. The van der Waals surface area contributed by atoms with Crippen LogP contribution in [0.1, 0.15) is 45.4 Å². The molecule has 2 amide bonds. The van der Waals surface area contributed by atoms with E-state index < -0.39 is 18.0 Å². The van der Waals surface area contributed by atoms with Crippen molar-refractivity contribution in [3.05, 3.63) is 76.2 Å². The predicted octanol–water partition coefficient (Wildman–Crippen LogP) is 3.79. The van der Waals surface area contributed by atoms with Gasteiger partial charge in [0, 0.05) is 5.69 Å². The van der Waals surface area contributed by atoms with Gasteiger partial charge >= 0.3 is 5.97 Å². The summed E-state index contributed by atoms with van der Waals surface area (Å²) in [4.78, 5) is 37.2. The lowest BCUT2D eigenvalue weighted by Crippen LogP contribution is -2.40. The fourth-order valence-corrected chi connectivity index (χ4v) is 3.36. The van der Waals surface area contributed by atoms with Crippen LogP contribution in [0.15, 0.2) is 47.0 Å². The lowest BCUT2D eigenvalue weighted by Gasteiger charge is -2.15. The molecular weight excluding hydrogens is 450 g/mol. The van der Waals surface area contributed by atoms with Crippen molar-refractivity contribution in [3.63, 3.8) is 0 Å². The molecule has 0 radical (unpaired) electrons. The van der Waals surface area contributed by atoms with Gasteiger partial charge in [0.1, 0.15) is 18.1 Å². The number of benzene rings is 2.